The molecule has 0 spiro atoms. The molecule has 0 atom stereocenters. The van der Waals surface area contributed by atoms with E-state index >= 15 is 0 Å². The lowest BCUT2D eigenvalue weighted by Crippen LogP contribution is -2.14. The van der Waals surface area contributed by atoms with Gasteiger partial charge in [-0.15, -0.1) is 0 Å². The van der Waals surface area contributed by atoms with Crippen LogP contribution in [0.2, 0.25) is 0 Å². The summed E-state index contributed by atoms with van der Waals surface area (Å²) in [5.41, 5.74) is 25.0. The van der Waals surface area contributed by atoms with Gasteiger partial charge in [0, 0.05) is 87.7 Å². The standard InChI is InChI=1S/C112H58N12O2/c113-59-65-27-28-72(61-115)100(51-65)123-93-24-12-8-21-88(93)108-98(123)50-45-87-86-44-48-97-109(112(86)126-111(87)108)90-42-34-69(55-102(90)120(97)77-17-5-2-6-18-77)68-33-41-83-82-19-7-11-23-92(82)122(101(83)54-68)80-39-47-95-91(58-80)106-81-40-32-67(52-70(81)35-46-96(106)121(95)79-38-31-71(60-114)73(53-79)62-116)66-29-36-78(37-30-66)119(76-15-3-1-4-16-76)103-56-74(63-117)75(64-118)57-104(103)124-94-25-13-9-22-89(94)107-99(124)49-43-85-84-20-10-14-26-105(84)125-110(85)107/h1-58H. The average Bonchev–Trinajstić information content (AvgIpc) is 1.54. The predicted octanol–water partition coefficient (Wildman–Crippen LogP) is 28.2. The van der Waals surface area contributed by atoms with Crippen LogP contribution < -0.4 is 4.90 Å². The van der Waals surface area contributed by atoms with E-state index in [2.05, 4.69) is 301 Å². The number of anilines is 3. The van der Waals surface area contributed by atoms with Gasteiger partial charge in [0.25, 0.3) is 0 Å². The summed E-state index contributed by atoms with van der Waals surface area (Å²) in [6, 6.07) is 135. The van der Waals surface area contributed by atoms with Crippen molar-refractivity contribution in [2.75, 3.05) is 4.90 Å². The highest BCUT2D eigenvalue weighted by molar-refractivity contribution is 6.30. The molecular weight excluding hydrogens is 1550 g/mol. The molecule has 0 N–H and O–H groups in total. The number of aromatic nitrogens is 5. The topological polar surface area (TPSA) is 197 Å². The maximum atomic E-state index is 10.8. The maximum absolute atomic E-state index is 10.8. The van der Waals surface area contributed by atoms with E-state index in [-0.39, 0.29) is 16.7 Å². The number of nitrogens with zero attached hydrogens (tertiary/aromatic N) is 12. The average molecular weight is 1600 g/mol. The summed E-state index contributed by atoms with van der Waals surface area (Å²) in [4.78, 5) is 2.16. The van der Waals surface area contributed by atoms with Gasteiger partial charge in [-0.25, -0.2) is 0 Å². The number of para-hydroxylation sites is 6. The number of hydrogen-bond donors (Lipinski definition) is 0. The largest absolute Gasteiger partial charge is 0.455 e. The van der Waals surface area contributed by atoms with E-state index in [1.54, 1.807) is 24.3 Å². The van der Waals surface area contributed by atoms with Crippen molar-refractivity contribution in [3.63, 3.8) is 0 Å². The molecule has 0 saturated carbocycles. The first kappa shape index (κ1) is 70.6. The fraction of sp³-hybridized carbons (Fsp3) is 0. The highest BCUT2D eigenvalue weighted by Gasteiger charge is 2.30. The van der Waals surface area contributed by atoms with Crippen LogP contribution in [0, 0.1) is 68.0 Å². The van der Waals surface area contributed by atoms with Crippen LogP contribution in [-0.4, -0.2) is 22.8 Å². The fourth-order valence-corrected chi connectivity index (χ4v) is 20.2. The zero-order valence-electron chi connectivity index (χ0n) is 66.7. The lowest BCUT2D eigenvalue weighted by atomic mass is 9.98. The van der Waals surface area contributed by atoms with Crippen LogP contribution in [0.3, 0.4) is 0 Å². The van der Waals surface area contributed by atoms with E-state index in [4.69, 9.17) is 8.83 Å². The smallest absolute Gasteiger partial charge is 0.145 e. The first-order valence-corrected chi connectivity index (χ1v) is 41.4. The molecule has 0 bridgehead atoms. The molecule has 0 aliphatic carbocycles. The Morgan fingerprint density at radius 1 is 0.222 bits per heavy atom. The fourth-order valence-electron chi connectivity index (χ4n) is 20.2. The van der Waals surface area contributed by atoms with Crippen LogP contribution in [0.4, 0.5) is 17.1 Å². The molecule has 0 unspecified atom stereocenters. The Bertz CT molecular complexity index is 9450. The van der Waals surface area contributed by atoms with Crippen molar-refractivity contribution in [1.82, 2.24) is 22.8 Å². The van der Waals surface area contributed by atoms with E-state index in [1.165, 1.54) is 0 Å². The van der Waals surface area contributed by atoms with Crippen molar-refractivity contribution < 1.29 is 8.83 Å². The molecule has 18 aromatic carbocycles. The van der Waals surface area contributed by atoms with Gasteiger partial charge in [0.2, 0.25) is 0 Å². The second-order valence-electron chi connectivity index (χ2n) is 32.1. The monoisotopic (exact) mass is 1600 g/mol. The second kappa shape index (κ2) is 27.0. The molecule has 25 rings (SSSR count). The van der Waals surface area contributed by atoms with Gasteiger partial charge in [-0.2, -0.15) is 31.6 Å². The van der Waals surface area contributed by atoms with E-state index in [9.17, 15) is 31.6 Å². The van der Waals surface area contributed by atoms with Gasteiger partial charge in [-0.1, -0.05) is 164 Å². The molecule has 578 valence electrons. The molecule has 25 aromatic rings. The van der Waals surface area contributed by atoms with Crippen molar-refractivity contribution in [1.29, 1.82) is 31.6 Å². The summed E-state index contributed by atoms with van der Waals surface area (Å²) in [5.74, 6) is 0. The van der Waals surface area contributed by atoms with Gasteiger partial charge in [0.05, 0.1) is 128 Å². The first-order valence-electron chi connectivity index (χ1n) is 41.4. The van der Waals surface area contributed by atoms with Gasteiger partial charge in [-0.3, -0.25) is 0 Å². The number of furan rings is 2. The van der Waals surface area contributed by atoms with Crippen LogP contribution in [0.15, 0.2) is 361 Å². The van der Waals surface area contributed by atoms with Crippen molar-refractivity contribution >= 4 is 181 Å². The number of rotatable bonds is 10. The van der Waals surface area contributed by atoms with Gasteiger partial charge in [0.1, 0.15) is 52.7 Å². The van der Waals surface area contributed by atoms with E-state index in [1.807, 2.05) is 91.0 Å². The molecule has 0 saturated heterocycles. The number of hydrogen-bond acceptors (Lipinski definition) is 9. The number of nitriles is 6. The lowest BCUT2D eigenvalue weighted by molar-refractivity contribution is 0.673. The molecule has 14 nitrogen and oxygen atoms in total. The molecule has 14 heteroatoms. The Hall–Kier alpha value is -18.4. The second-order valence-corrected chi connectivity index (χ2v) is 32.1. The van der Waals surface area contributed by atoms with E-state index < -0.39 is 0 Å². The Labute approximate surface area is 716 Å². The van der Waals surface area contributed by atoms with Crippen molar-refractivity contribution in [2.24, 2.45) is 0 Å². The normalized spacial score (nSPS) is 11.8. The summed E-state index contributed by atoms with van der Waals surface area (Å²) < 4.78 is 25.3. The highest BCUT2D eigenvalue weighted by Crippen LogP contribution is 2.51. The Kier molecular flexibility index (Phi) is 15.1. The third-order valence-electron chi connectivity index (χ3n) is 25.7. The molecule has 126 heavy (non-hydrogen) atoms. The zero-order valence-corrected chi connectivity index (χ0v) is 66.7. The minimum atomic E-state index is 0.249. The Morgan fingerprint density at radius 2 is 0.659 bits per heavy atom. The van der Waals surface area contributed by atoms with Crippen molar-refractivity contribution in [3.05, 3.63) is 385 Å². The first-order chi connectivity index (χ1) is 62.2. The van der Waals surface area contributed by atoms with Crippen molar-refractivity contribution in [2.45, 2.75) is 0 Å². The van der Waals surface area contributed by atoms with Crippen LogP contribution in [-0.2, 0) is 0 Å². The minimum absolute atomic E-state index is 0.249. The third-order valence-corrected chi connectivity index (χ3v) is 25.7. The van der Waals surface area contributed by atoms with Gasteiger partial charge in [0.15, 0.2) is 0 Å². The lowest BCUT2D eigenvalue weighted by Gasteiger charge is -2.29. The summed E-state index contributed by atoms with van der Waals surface area (Å²) in [5, 5.41) is 79.0. The Balaban J connectivity index is 0.629. The molecule has 0 amide bonds. The predicted molar refractivity (Wildman–Crippen MR) is 504 cm³/mol. The summed E-state index contributed by atoms with van der Waals surface area (Å²) in [6.07, 6.45) is 0. The summed E-state index contributed by atoms with van der Waals surface area (Å²) in [6.45, 7) is 0. The van der Waals surface area contributed by atoms with E-state index in [0.717, 1.165) is 214 Å². The molecule has 7 aromatic heterocycles. The maximum Gasteiger partial charge on any atom is 0.145 e. The van der Waals surface area contributed by atoms with Gasteiger partial charge < -0.3 is 36.6 Å². The van der Waals surface area contributed by atoms with Gasteiger partial charge in [-0.05, 0) is 221 Å². The third kappa shape index (κ3) is 10.1. The van der Waals surface area contributed by atoms with Crippen LogP contribution >= 0.6 is 0 Å². The Morgan fingerprint density at radius 3 is 1.33 bits per heavy atom. The molecular formula is C112H58N12O2. The van der Waals surface area contributed by atoms with Crippen LogP contribution in [0.5, 0.6) is 0 Å². The SMILES string of the molecule is N#Cc1ccc(C#N)c(-n2c3ccccc3c3c4oc5c(ccc6c5c5ccc(-c7ccc8c9ccccc9n(-c9ccc%10c(c9)c9c%11ccc(-c%12ccc(N(c%13ccccc%13)c%13cc(C#N)c(C#N)cc%13-n%13c%14ccccc%14c%14c%15oc%16ccccc%16c%15ccc%14%13)cc%12)cc%11ccc9n%10-c9ccc(C#N)c(C#N)c9)c8c7)cc5n6-c5ccccc5)c4ccc32)c1. The van der Waals surface area contributed by atoms with Crippen molar-refractivity contribution in [3.8, 4) is 87.1 Å². The van der Waals surface area contributed by atoms with Gasteiger partial charge >= 0.3 is 0 Å². The minimum Gasteiger partial charge on any atom is -0.455 e. The highest BCUT2D eigenvalue weighted by atomic mass is 16.3. The van der Waals surface area contributed by atoms with E-state index in [0.29, 0.717) is 33.8 Å². The molecule has 0 aliphatic heterocycles. The number of fused-ring (bicyclic) bond motifs is 26. The summed E-state index contributed by atoms with van der Waals surface area (Å²) >= 11 is 0. The zero-order chi connectivity index (χ0) is 83.8. The van der Waals surface area contributed by atoms with Crippen LogP contribution in [0.1, 0.15) is 33.4 Å². The molecule has 7 heterocycles. The molecule has 0 fully saturated rings. The number of benzene rings is 18. The molecule has 0 aliphatic rings. The van der Waals surface area contributed by atoms with Crippen LogP contribution in [0.25, 0.3) is 214 Å². The molecule has 0 radical (unpaired) electrons. The quantitative estimate of drug-likeness (QED) is 0.128. The summed E-state index contributed by atoms with van der Waals surface area (Å²) in [7, 11) is 0.